The molecule has 1 amide bonds. The summed E-state index contributed by atoms with van der Waals surface area (Å²) in [5.74, 6) is -0.220. The zero-order valence-electron chi connectivity index (χ0n) is 14.8. The maximum Gasteiger partial charge on any atom is 0.270 e. The Labute approximate surface area is 170 Å². The molecule has 6 nitrogen and oxygen atoms in total. The Bertz CT molecular complexity index is 976. The number of hydrogen-bond acceptors (Lipinski definition) is 6. The molecule has 1 fully saturated rings. The number of ether oxygens (including phenoxy) is 1. The molecule has 2 aromatic rings. The van der Waals surface area contributed by atoms with Crippen LogP contribution in [-0.4, -0.2) is 26.6 Å². The minimum absolute atomic E-state index is 0.119. The van der Waals surface area contributed by atoms with Crippen LogP contribution in [-0.2, 0) is 11.4 Å². The van der Waals surface area contributed by atoms with Gasteiger partial charge >= 0.3 is 0 Å². The van der Waals surface area contributed by atoms with Crippen molar-refractivity contribution in [3.63, 3.8) is 0 Å². The Hall–Kier alpha value is -2.78. The van der Waals surface area contributed by atoms with E-state index in [0.717, 1.165) is 17.3 Å². The molecule has 0 aromatic heterocycles. The van der Waals surface area contributed by atoms with Crippen LogP contribution in [0.15, 0.2) is 47.4 Å². The van der Waals surface area contributed by atoms with Crippen LogP contribution >= 0.6 is 24.0 Å². The Kier molecular flexibility index (Phi) is 6.05. The molecule has 0 spiro atoms. The lowest BCUT2D eigenvalue weighted by molar-refractivity contribution is -0.384. The van der Waals surface area contributed by atoms with E-state index < -0.39 is 4.92 Å². The molecule has 0 unspecified atom stereocenters. The molecule has 144 valence electrons. The summed E-state index contributed by atoms with van der Waals surface area (Å²) in [6.45, 7) is 2.41. The largest absolute Gasteiger partial charge is 0.488 e. The standard InChI is InChI=1S/C19H15FN2O4S2/c1-2-21-18(23)17(28-19(21)27)10-13-9-15(22(24)25)7-8-16(13)26-11-12-3-5-14(20)6-4-12/h3-10H,2,11H2,1H3/b17-10+. The van der Waals surface area contributed by atoms with Crippen molar-refractivity contribution in [1.82, 2.24) is 4.90 Å². The first kappa shape index (κ1) is 20.0. The van der Waals surface area contributed by atoms with Gasteiger partial charge in [-0.2, -0.15) is 0 Å². The van der Waals surface area contributed by atoms with Crippen LogP contribution < -0.4 is 4.74 Å². The molecule has 1 aliphatic heterocycles. The highest BCUT2D eigenvalue weighted by atomic mass is 32.2. The van der Waals surface area contributed by atoms with Crippen molar-refractivity contribution in [3.05, 3.63) is 74.4 Å². The van der Waals surface area contributed by atoms with Crippen LogP contribution in [0.5, 0.6) is 5.75 Å². The number of thiocarbonyl (C=S) groups is 1. The number of amides is 1. The van der Waals surface area contributed by atoms with Gasteiger partial charge in [-0.3, -0.25) is 19.8 Å². The Balaban J connectivity index is 1.91. The molecule has 9 heteroatoms. The number of nitro groups is 1. The van der Waals surface area contributed by atoms with Gasteiger partial charge in [-0.25, -0.2) is 4.39 Å². The van der Waals surface area contributed by atoms with Gasteiger partial charge < -0.3 is 4.74 Å². The monoisotopic (exact) mass is 418 g/mol. The molecule has 0 aliphatic carbocycles. The van der Waals surface area contributed by atoms with Crippen LogP contribution in [0.1, 0.15) is 18.1 Å². The summed E-state index contributed by atoms with van der Waals surface area (Å²) < 4.78 is 19.2. The number of non-ortho nitro benzene ring substituents is 1. The molecule has 1 saturated heterocycles. The number of halogens is 1. The molecule has 28 heavy (non-hydrogen) atoms. The summed E-state index contributed by atoms with van der Waals surface area (Å²) in [6, 6.07) is 9.98. The molecular formula is C19H15FN2O4S2. The smallest absolute Gasteiger partial charge is 0.270 e. The lowest BCUT2D eigenvalue weighted by Crippen LogP contribution is -2.27. The third kappa shape index (κ3) is 4.37. The van der Waals surface area contributed by atoms with Gasteiger partial charge in [0.2, 0.25) is 0 Å². The average Bonchev–Trinajstić information content (AvgIpc) is 2.94. The number of nitrogens with zero attached hydrogens (tertiary/aromatic N) is 2. The fourth-order valence-electron chi connectivity index (χ4n) is 2.55. The van der Waals surface area contributed by atoms with Gasteiger partial charge in [-0.15, -0.1) is 0 Å². The summed E-state index contributed by atoms with van der Waals surface area (Å²) in [5, 5.41) is 11.1. The highest BCUT2D eigenvalue weighted by Gasteiger charge is 2.31. The van der Waals surface area contributed by atoms with Crippen LogP contribution in [0, 0.1) is 15.9 Å². The van der Waals surface area contributed by atoms with Crippen LogP contribution in [0.3, 0.4) is 0 Å². The second-order valence-corrected chi connectivity index (χ2v) is 7.50. The highest BCUT2D eigenvalue weighted by molar-refractivity contribution is 8.26. The first-order valence-electron chi connectivity index (χ1n) is 8.30. The number of rotatable bonds is 6. The van der Waals surface area contributed by atoms with Crippen LogP contribution in [0.4, 0.5) is 10.1 Å². The SMILES string of the molecule is CCN1C(=O)/C(=C\c2cc([N+](=O)[O-])ccc2OCc2ccc(F)cc2)SC1=S. The van der Waals surface area contributed by atoms with E-state index in [2.05, 4.69) is 0 Å². The number of carbonyl (C=O) groups is 1. The molecule has 3 rings (SSSR count). The maximum absolute atomic E-state index is 13.0. The first-order valence-corrected chi connectivity index (χ1v) is 9.52. The third-order valence-corrected chi connectivity index (χ3v) is 5.37. The van der Waals surface area contributed by atoms with Crippen molar-refractivity contribution in [2.45, 2.75) is 13.5 Å². The van der Waals surface area contributed by atoms with Crippen LogP contribution in [0.2, 0.25) is 0 Å². The van der Waals surface area contributed by atoms with Gasteiger partial charge in [0.1, 0.15) is 22.5 Å². The van der Waals surface area contributed by atoms with Gasteiger partial charge in [0, 0.05) is 24.2 Å². The van der Waals surface area contributed by atoms with Crippen molar-refractivity contribution in [2.24, 2.45) is 0 Å². The number of likely N-dealkylation sites (N-methyl/N-ethyl adjacent to an activating group) is 1. The molecule has 0 saturated carbocycles. The van der Waals surface area contributed by atoms with Crippen molar-refractivity contribution < 1.29 is 18.8 Å². The topological polar surface area (TPSA) is 72.7 Å². The second-order valence-electron chi connectivity index (χ2n) is 5.82. The third-order valence-electron chi connectivity index (χ3n) is 3.99. The number of hydrogen-bond donors (Lipinski definition) is 0. The van der Waals surface area contributed by atoms with E-state index >= 15 is 0 Å². The van der Waals surface area contributed by atoms with Crippen molar-refractivity contribution in [3.8, 4) is 5.75 Å². The molecule has 0 radical (unpaired) electrons. The fourth-order valence-corrected chi connectivity index (χ4v) is 3.92. The molecule has 0 bridgehead atoms. The minimum atomic E-state index is -0.516. The van der Waals surface area contributed by atoms with Gasteiger partial charge in [0.15, 0.2) is 0 Å². The van der Waals surface area contributed by atoms with Crippen molar-refractivity contribution in [1.29, 1.82) is 0 Å². The number of thioether (sulfide) groups is 1. The number of nitro benzene ring substituents is 1. The first-order chi connectivity index (χ1) is 13.4. The molecular weight excluding hydrogens is 403 g/mol. The zero-order chi connectivity index (χ0) is 20.3. The van der Waals surface area contributed by atoms with Gasteiger partial charge in [-0.05, 0) is 36.8 Å². The van der Waals surface area contributed by atoms with Crippen LogP contribution in [0.25, 0.3) is 6.08 Å². The molecule has 2 aromatic carbocycles. The lowest BCUT2D eigenvalue weighted by atomic mass is 10.1. The predicted octanol–water partition coefficient (Wildman–Crippen LogP) is 4.53. The minimum Gasteiger partial charge on any atom is -0.488 e. The molecule has 0 N–H and O–H groups in total. The van der Waals surface area contributed by atoms with E-state index in [1.807, 2.05) is 6.92 Å². The summed E-state index contributed by atoms with van der Waals surface area (Å²) in [5.41, 5.74) is 1.02. The quantitative estimate of drug-likeness (QED) is 0.297. The van der Waals surface area contributed by atoms with E-state index in [9.17, 15) is 19.3 Å². The summed E-state index contributed by atoms with van der Waals surface area (Å²) in [7, 11) is 0. The maximum atomic E-state index is 13.0. The predicted molar refractivity (Wildman–Crippen MR) is 109 cm³/mol. The molecule has 1 aliphatic rings. The van der Waals surface area contributed by atoms with E-state index in [0.29, 0.717) is 27.1 Å². The van der Waals surface area contributed by atoms with Gasteiger partial charge in [-0.1, -0.05) is 36.1 Å². The fraction of sp³-hybridized carbons (Fsp3) is 0.158. The number of benzene rings is 2. The lowest BCUT2D eigenvalue weighted by Gasteiger charge is -2.11. The number of carbonyl (C=O) groups excluding carboxylic acids is 1. The Morgan fingerprint density at radius 1 is 1.29 bits per heavy atom. The molecule has 0 atom stereocenters. The molecule has 1 heterocycles. The van der Waals surface area contributed by atoms with Crippen molar-refractivity contribution >= 4 is 46.0 Å². The summed E-state index contributed by atoms with van der Waals surface area (Å²) >= 11 is 6.33. The van der Waals surface area contributed by atoms with Crippen molar-refractivity contribution in [2.75, 3.05) is 6.54 Å². The Morgan fingerprint density at radius 3 is 2.61 bits per heavy atom. The van der Waals surface area contributed by atoms with E-state index in [1.165, 1.54) is 35.2 Å². The average molecular weight is 418 g/mol. The van der Waals surface area contributed by atoms with E-state index in [1.54, 1.807) is 18.2 Å². The second kappa shape index (κ2) is 8.49. The van der Waals surface area contributed by atoms with Gasteiger partial charge in [0.25, 0.3) is 11.6 Å². The summed E-state index contributed by atoms with van der Waals surface area (Å²) in [6.07, 6.45) is 1.54. The normalized spacial score (nSPS) is 15.4. The highest BCUT2D eigenvalue weighted by Crippen LogP contribution is 2.35. The van der Waals surface area contributed by atoms with Gasteiger partial charge in [0.05, 0.1) is 9.83 Å². The zero-order valence-corrected chi connectivity index (χ0v) is 16.4. The summed E-state index contributed by atoms with van der Waals surface area (Å²) in [4.78, 5) is 24.9. The Morgan fingerprint density at radius 2 is 2.00 bits per heavy atom. The van der Waals surface area contributed by atoms with E-state index in [-0.39, 0.29) is 24.0 Å². The van der Waals surface area contributed by atoms with E-state index in [4.69, 9.17) is 17.0 Å².